The molecule has 29 heavy (non-hydrogen) atoms. The maximum absolute atomic E-state index is 12.8. The first-order valence-corrected chi connectivity index (χ1v) is 10.2. The second-order valence-electron chi connectivity index (χ2n) is 6.58. The Balaban J connectivity index is 1.98. The number of carboxylic acids is 1. The summed E-state index contributed by atoms with van der Waals surface area (Å²) in [6.07, 6.45) is 0. The van der Waals surface area contributed by atoms with Crippen LogP contribution in [-0.2, 0) is 24.7 Å². The standard InChI is InChI=1S/C22H20O6S/c1-16-9-6-7-14-20(16)29(25,26)28-22(2,21(23)24)17-10-8-13-19(15-17)27-18-11-4-3-5-12-18/h3-15H,1-2H3,(H,23,24). The van der Waals surface area contributed by atoms with E-state index in [1.54, 1.807) is 61.5 Å². The molecule has 0 bridgehead atoms. The Morgan fingerprint density at radius 2 is 1.52 bits per heavy atom. The smallest absolute Gasteiger partial charge is 0.341 e. The van der Waals surface area contributed by atoms with Gasteiger partial charge in [0.05, 0.1) is 4.90 Å². The number of aryl methyl sites for hydroxylation is 1. The van der Waals surface area contributed by atoms with Gasteiger partial charge in [0.25, 0.3) is 10.1 Å². The fraction of sp³-hybridized carbons (Fsp3) is 0.136. The number of hydrogen-bond acceptors (Lipinski definition) is 5. The van der Waals surface area contributed by atoms with Gasteiger partial charge >= 0.3 is 5.97 Å². The van der Waals surface area contributed by atoms with Gasteiger partial charge in [0.15, 0.2) is 0 Å². The van der Waals surface area contributed by atoms with Crippen LogP contribution in [-0.4, -0.2) is 19.5 Å². The molecule has 1 atom stereocenters. The third-order valence-electron chi connectivity index (χ3n) is 4.41. The minimum absolute atomic E-state index is 0.0795. The van der Waals surface area contributed by atoms with Crippen molar-refractivity contribution < 1.29 is 27.2 Å². The Kier molecular flexibility index (Phi) is 5.72. The van der Waals surface area contributed by atoms with Crippen LogP contribution in [0.15, 0.2) is 83.8 Å². The summed E-state index contributed by atoms with van der Waals surface area (Å²) in [5, 5.41) is 9.82. The summed E-state index contributed by atoms with van der Waals surface area (Å²) in [5.41, 5.74) is -1.55. The summed E-state index contributed by atoms with van der Waals surface area (Å²) >= 11 is 0. The van der Waals surface area contributed by atoms with Crippen LogP contribution in [0.1, 0.15) is 18.1 Å². The third kappa shape index (κ3) is 4.47. The number of ether oxygens (including phenoxy) is 1. The minimum Gasteiger partial charge on any atom is -0.479 e. The molecule has 0 aliphatic rings. The van der Waals surface area contributed by atoms with Crippen LogP contribution < -0.4 is 4.74 Å². The van der Waals surface area contributed by atoms with E-state index in [0.717, 1.165) is 0 Å². The molecule has 1 N–H and O–H groups in total. The maximum atomic E-state index is 12.8. The Bertz CT molecular complexity index is 1120. The Labute approximate surface area is 169 Å². The van der Waals surface area contributed by atoms with Gasteiger partial charge in [-0.05, 0) is 55.3 Å². The molecule has 3 rings (SSSR count). The average molecular weight is 412 g/mol. The Hall–Kier alpha value is -3.16. The van der Waals surface area contributed by atoms with Gasteiger partial charge in [-0.15, -0.1) is 0 Å². The zero-order chi connectivity index (χ0) is 21.1. The monoisotopic (exact) mass is 412 g/mol. The SMILES string of the molecule is Cc1ccccc1S(=O)(=O)OC(C)(C(=O)O)c1cccc(Oc2ccccc2)c1. The fourth-order valence-electron chi connectivity index (χ4n) is 2.79. The molecule has 150 valence electrons. The molecule has 1 unspecified atom stereocenters. The van der Waals surface area contributed by atoms with Crippen molar-refractivity contribution in [3.05, 3.63) is 90.0 Å². The number of hydrogen-bond donors (Lipinski definition) is 1. The van der Waals surface area contributed by atoms with Gasteiger partial charge in [0.1, 0.15) is 11.5 Å². The normalized spacial score (nSPS) is 13.4. The van der Waals surface area contributed by atoms with Crippen LogP contribution in [0.2, 0.25) is 0 Å². The highest BCUT2D eigenvalue weighted by Crippen LogP contribution is 2.34. The van der Waals surface area contributed by atoms with E-state index in [0.29, 0.717) is 17.1 Å². The lowest BCUT2D eigenvalue weighted by atomic mass is 9.96. The maximum Gasteiger partial charge on any atom is 0.341 e. The summed E-state index contributed by atoms with van der Waals surface area (Å²) in [6.45, 7) is 2.81. The summed E-state index contributed by atoms with van der Waals surface area (Å²) in [5.74, 6) is -0.514. The third-order valence-corrected chi connectivity index (χ3v) is 5.96. The molecule has 0 spiro atoms. The Morgan fingerprint density at radius 3 is 2.17 bits per heavy atom. The van der Waals surface area contributed by atoms with Crippen LogP contribution in [0.4, 0.5) is 0 Å². The molecule has 3 aromatic rings. The van der Waals surface area contributed by atoms with E-state index < -0.39 is 21.7 Å². The fourth-order valence-corrected chi connectivity index (χ4v) is 4.19. The number of rotatable bonds is 7. The molecule has 0 heterocycles. The summed E-state index contributed by atoms with van der Waals surface area (Å²) in [7, 11) is -4.34. The first kappa shape index (κ1) is 20.6. The first-order chi connectivity index (χ1) is 13.7. The van der Waals surface area contributed by atoms with E-state index >= 15 is 0 Å². The predicted octanol–water partition coefficient (Wildman–Crippen LogP) is 4.49. The highest BCUT2D eigenvalue weighted by Gasteiger charge is 2.42. The zero-order valence-corrected chi connectivity index (χ0v) is 16.7. The van der Waals surface area contributed by atoms with Crippen LogP contribution in [0.25, 0.3) is 0 Å². The van der Waals surface area contributed by atoms with Crippen LogP contribution >= 0.6 is 0 Å². The molecule has 0 aromatic heterocycles. The quantitative estimate of drug-likeness (QED) is 0.575. The molecule has 0 saturated heterocycles. The van der Waals surface area contributed by atoms with Crippen molar-refractivity contribution in [1.82, 2.24) is 0 Å². The molecule has 0 saturated carbocycles. The van der Waals surface area contributed by atoms with Crippen LogP contribution in [0.3, 0.4) is 0 Å². The van der Waals surface area contributed by atoms with Gasteiger partial charge < -0.3 is 9.84 Å². The average Bonchev–Trinajstić information content (AvgIpc) is 2.68. The van der Waals surface area contributed by atoms with Crippen LogP contribution in [0, 0.1) is 6.92 Å². The lowest BCUT2D eigenvalue weighted by molar-refractivity contribution is -0.154. The second-order valence-corrected chi connectivity index (χ2v) is 8.10. The number of carbonyl (C=O) groups is 1. The molecule has 0 aliphatic heterocycles. The minimum atomic E-state index is -4.34. The van der Waals surface area contributed by atoms with Crippen molar-refractivity contribution in [3.8, 4) is 11.5 Å². The molecule has 7 heteroatoms. The van der Waals surface area contributed by atoms with Gasteiger partial charge in [-0.3, -0.25) is 0 Å². The zero-order valence-electron chi connectivity index (χ0n) is 15.9. The van der Waals surface area contributed by atoms with E-state index in [-0.39, 0.29) is 10.5 Å². The summed E-state index contributed by atoms with van der Waals surface area (Å²) < 4.78 is 36.6. The van der Waals surface area contributed by atoms with E-state index in [1.807, 2.05) is 6.07 Å². The second kappa shape index (κ2) is 8.06. The molecular weight excluding hydrogens is 392 g/mol. The molecule has 0 radical (unpaired) electrons. The predicted molar refractivity (Wildman–Crippen MR) is 107 cm³/mol. The molecule has 0 amide bonds. The topological polar surface area (TPSA) is 89.9 Å². The van der Waals surface area contributed by atoms with Gasteiger partial charge in [0, 0.05) is 0 Å². The van der Waals surface area contributed by atoms with Gasteiger partial charge in [0.2, 0.25) is 5.60 Å². The first-order valence-electron chi connectivity index (χ1n) is 8.80. The number of carboxylic acid groups (broad SMARTS) is 1. The van der Waals surface area contributed by atoms with Crippen molar-refractivity contribution in [2.24, 2.45) is 0 Å². The highest BCUT2D eigenvalue weighted by atomic mass is 32.2. The molecule has 0 fully saturated rings. The Morgan fingerprint density at radius 1 is 0.897 bits per heavy atom. The van der Waals surface area contributed by atoms with Crippen LogP contribution in [0.5, 0.6) is 11.5 Å². The van der Waals surface area contributed by atoms with E-state index in [9.17, 15) is 18.3 Å². The summed E-state index contributed by atoms with van der Waals surface area (Å²) in [4.78, 5) is 12.0. The lowest BCUT2D eigenvalue weighted by Gasteiger charge is -2.25. The number of aliphatic carboxylic acids is 1. The van der Waals surface area contributed by atoms with Gasteiger partial charge in [-0.2, -0.15) is 8.42 Å². The number of benzene rings is 3. The molecule has 6 nitrogen and oxygen atoms in total. The lowest BCUT2D eigenvalue weighted by Crippen LogP contribution is -2.37. The summed E-state index contributed by atoms with van der Waals surface area (Å²) in [6, 6.07) is 21.4. The van der Waals surface area contributed by atoms with Crippen molar-refractivity contribution in [2.45, 2.75) is 24.3 Å². The van der Waals surface area contributed by atoms with Crippen molar-refractivity contribution in [1.29, 1.82) is 0 Å². The highest BCUT2D eigenvalue weighted by molar-refractivity contribution is 7.86. The molecule has 0 aliphatic carbocycles. The van der Waals surface area contributed by atoms with Crippen molar-refractivity contribution >= 4 is 16.1 Å². The van der Waals surface area contributed by atoms with Crippen molar-refractivity contribution in [3.63, 3.8) is 0 Å². The largest absolute Gasteiger partial charge is 0.479 e. The van der Waals surface area contributed by atoms with E-state index in [1.165, 1.54) is 25.1 Å². The molecule has 3 aromatic carbocycles. The van der Waals surface area contributed by atoms with Gasteiger partial charge in [-0.25, -0.2) is 8.98 Å². The van der Waals surface area contributed by atoms with Crippen molar-refractivity contribution in [2.75, 3.05) is 0 Å². The van der Waals surface area contributed by atoms with Gasteiger partial charge in [-0.1, -0.05) is 48.5 Å². The number of para-hydroxylation sites is 1. The molecular formula is C22H20O6S. The van der Waals surface area contributed by atoms with E-state index in [4.69, 9.17) is 8.92 Å². The van der Waals surface area contributed by atoms with E-state index in [2.05, 4.69) is 0 Å².